The molecule has 2 heterocycles. The van der Waals surface area contributed by atoms with Crippen LogP contribution in [0.3, 0.4) is 0 Å². The van der Waals surface area contributed by atoms with E-state index >= 15 is 0 Å². The van der Waals surface area contributed by atoms with Gasteiger partial charge < -0.3 is 4.90 Å². The molecule has 0 bridgehead atoms. The van der Waals surface area contributed by atoms with E-state index < -0.39 is 0 Å². The molecule has 0 atom stereocenters. The fraction of sp³-hybridized carbons (Fsp3) is 0.667. The maximum atomic E-state index is 4.40. The molecule has 1 aliphatic rings. The van der Waals surface area contributed by atoms with Gasteiger partial charge in [0.25, 0.3) is 0 Å². The first-order valence-electron chi connectivity index (χ1n) is 7.07. The summed E-state index contributed by atoms with van der Waals surface area (Å²) in [7, 11) is 0. The summed E-state index contributed by atoms with van der Waals surface area (Å²) in [4.78, 5) is 7.02. The van der Waals surface area contributed by atoms with Crippen LogP contribution in [0.2, 0.25) is 0 Å². The van der Waals surface area contributed by atoms with Crippen LogP contribution in [0.15, 0.2) is 24.4 Å². The highest BCUT2D eigenvalue weighted by Gasteiger charge is 2.07. The number of hydrogen-bond acceptors (Lipinski definition) is 2. The van der Waals surface area contributed by atoms with Crippen LogP contribution in [0.4, 0.5) is 0 Å². The van der Waals surface area contributed by atoms with Gasteiger partial charge in [-0.3, -0.25) is 4.98 Å². The van der Waals surface area contributed by atoms with Gasteiger partial charge in [0.2, 0.25) is 0 Å². The molecule has 17 heavy (non-hydrogen) atoms. The van der Waals surface area contributed by atoms with Gasteiger partial charge in [-0.1, -0.05) is 31.7 Å². The molecule has 0 saturated carbocycles. The molecule has 1 aromatic heterocycles. The zero-order chi connectivity index (χ0) is 11.8. The van der Waals surface area contributed by atoms with Crippen molar-refractivity contribution in [1.29, 1.82) is 0 Å². The zero-order valence-electron chi connectivity index (χ0n) is 10.8. The van der Waals surface area contributed by atoms with Crippen LogP contribution in [0.25, 0.3) is 0 Å². The van der Waals surface area contributed by atoms with Crippen molar-refractivity contribution in [1.82, 2.24) is 9.88 Å². The third-order valence-corrected chi connectivity index (χ3v) is 3.61. The molecule has 1 fully saturated rings. The third kappa shape index (κ3) is 4.86. The van der Waals surface area contributed by atoms with Crippen molar-refractivity contribution in [2.75, 3.05) is 19.6 Å². The fourth-order valence-corrected chi connectivity index (χ4v) is 2.53. The molecule has 0 aromatic carbocycles. The van der Waals surface area contributed by atoms with Crippen molar-refractivity contribution < 1.29 is 0 Å². The Morgan fingerprint density at radius 3 is 2.29 bits per heavy atom. The summed E-state index contributed by atoms with van der Waals surface area (Å²) in [6, 6.07) is 6.21. The number of nitrogens with zero attached hydrogens (tertiary/aromatic N) is 2. The van der Waals surface area contributed by atoms with Crippen LogP contribution >= 0.6 is 0 Å². The fourth-order valence-electron chi connectivity index (χ4n) is 2.53. The minimum atomic E-state index is 1.10. The van der Waals surface area contributed by atoms with E-state index in [0.29, 0.717) is 0 Å². The average molecular weight is 232 g/mol. The van der Waals surface area contributed by atoms with Crippen molar-refractivity contribution in [3.8, 4) is 0 Å². The molecule has 1 aromatic rings. The molecule has 0 N–H and O–H groups in total. The van der Waals surface area contributed by atoms with Crippen molar-refractivity contribution >= 4 is 0 Å². The summed E-state index contributed by atoms with van der Waals surface area (Å²) in [5.41, 5.74) is 1.23. The van der Waals surface area contributed by atoms with Gasteiger partial charge in [0.15, 0.2) is 0 Å². The molecular formula is C15H24N2. The summed E-state index contributed by atoms with van der Waals surface area (Å²) in [6.07, 6.45) is 11.5. The van der Waals surface area contributed by atoms with Crippen LogP contribution < -0.4 is 0 Å². The maximum absolute atomic E-state index is 4.40. The molecule has 0 spiro atoms. The largest absolute Gasteiger partial charge is 0.303 e. The van der Waals surface area contributed by atoms with Crippen molar-refractivity contribution in [2.45, 2.75) is 44.9 Å². The Morgan fingerprint density at radius 2 is 1.65 bits per heavy atom. The standard InChI is InChI=1S/C15H24N2/c1-2-4-8-13-17(12-7-3-1)14-10-15-9-5-6-11-16-15/h5-6,9,11H,1-4,7-8,10,12-14H2. The molecule has 0 unspecified atom stereocenters. The second kappa shape index (κ2) is 7.44. The van der Waals surface area contributed by atoms with Gasteiger partial charge in [0, 0.05) is 24.9 Å². The normalized spacial score (nSPS) is 19.3. The van der Waals surface area contributed by atoms with E-state index in [9.17, 15) is 0 Å². The zero-order valence-corrected chi connectivity index (χ0v) is 10.8. The number of aromatic nitrogens is 1. The molecule has 1 saturated heterocycles. The second-order valence-corrected chi connectivity index (χ2v) is 5.03. The average Bonchev–Trinajstić information content (AvgIpc) is 2.51. The SMILES string of the molecule is c1ccc(CCN2CCCCCCCC2)nc1. The second-order valence-electron chi connectivity index (χ2n) is 5.03. The van der Waals surface area contributed by atoms with Gasteiger partial charge in [-0.25, -0.2) is 0 Å². The Kier molecular flexibility index (Phi) is 5.50. The van der Waals surface area contributed by atoms with Gasteiger partial charge >= 0.3 is 0 Å². The predicted molar refractivity (Wildman–Crippen MR) is 72.1 cm³/mol. The minimum Gasteiger partial charge on any atom is -0.303 e. The molecule has 2 heteroatoms. The first-order valence-corrected chi connectivity index (χ1v) is 7.07. The van der Waals surface area contributed by atoms with E-state index in [2.05, 4.69) is 22.0 Å². The van der Waals surface area contributed by atoms with E-state index in [1.165, 1.54) is 63.9 Å². The first-order chi connectivity index (χ1) is 8.45. The lowest BCUT2D eigenvalue weighted by Crippen LogP contribution is -2.28. The lowest BCUT2D eigenvalue weighted by molar-refractivity contribution is 0.271. The van der Waals surface area contributed by atoms with Crippen molar-refractivity contribution in [3.63, 3.8) is 0 Å². The highest BCUT2D eigenvalue weighted by Crippen LogP contribution is 2.11. The van der Waals surface area contributed by atoms with Crippen LogP contribution in [0.5, 0.6) is 0 Å². The van der Waals surface area contributed by atoms with E-state index in [1.54, 1.807) is 0 Å². The van der Waals surface area contributed by atoms with Crippen LogP contribution in [0.1, 0.15) is 44.2 Å². The van der Waals surface area contributed by atoms with Crippen molar-refractivity contribution in [2.24, 2.45) is 0 Å². The van der Waals surface area contributed by atoms with E-state index in [4.69, 9.17) is 0 Å². The van der Waals surface area contributed by atoms with Gasteiger partial charge in [-0.15, -0.1) is 0 Å². The van der Waals surface area contributed by atoms with E-state index in [0.717, 1.165) is 6.42 Å². The van der Waals surface area contributed by atoms with Gasteiger partial charge in [0.1, 0.15) is 0 Å². The van der Waals surface area contributed by atoms with Crippen LogP contribution in [-0.4, -0.2) is 29.5 Å². The van der Waals surface area contributed by atoms with E-state index in [1.807, 2.05) is 12.3 Å². The topological polar surface area (TPSA) is 16.1 Å². The van der Waals surface area contributed by atoms with Gasteiger partial charge in [-0.2, -0.15) is 0 Å². The highest BCUT2D eigenvalue weighted by atomic mass is 15.1. The van der Waals surface area contributed by atoms with Crippen molar-refractivity contribution in [3.05, 3.63) is 30.1 Å². The van der Waals surface area contributed by atoms with Crippen LogP contribution in [-0.2, 0) is 6.42 Å². The van der Waals surface area contributed by atoms with E-state index in [-0.39, 0.29) is 0 Å². The number of hydrogen-bond donors (Lipinski definition) is 0. The monoisotopic (exact) mass is 232 g/mol. The Hall–Kier alpha value is -0.890. The lowest BCUT2D eigenvalue weighted by Gasteiger charge is -2.21. The quantitative estimate of drug-likeness (QED) is 0.795. The number of rotatable bonds is 3. The molecule has 2 nitrogen and oxygen atoms in total. The smallest absolute Gasteiger partial charge is 0.0416 e. The summed E-state index contributed by atoms with van der Waals surface area (Å²) in [5, 5.41) is 0. The molecule has 1 aliphatic heterocycles. The lowest BCUT2D eigenvalue weighted by atomic mass is 10.1. The van der Waals surface area contributed by atoms with Crippen LogP contribution in [0, 0.1) is 0 Å². The maximum Gasteiger partial charge on any atom is 0.0416 e. The molecule has 2 rings (SSSR count). The summed E-state index contributed by atoms with van der Waals surface area (Å²) in [5.74, 6) is 0. The molecular weight excluding hydrogens is 208 g/mol. The Labute approximate surface area is 105 Å². The molecule has 0 amide bonds. The van der Waals surface area contributed by atoms with Gasteiger partial charge in [-0.05, 0) is 38.1 Å². The summed E-state index contributed by atoms with van der Waals surface area (Å²) in [6.45, 7) is 3.75. The highest BCUT2D eigenvalue weighted by molar-refractivity contribution is 5.03. The summed E-state index contributed by atoms with van der Waals surface area (Å²) >= 11 is 0. The Bertz CT molecular complexity index is 287. The molecule has 0 aliphatic carbocycles. The predicted octanol–water partition coefficient (Wildman–Crippen LogP) is 3.28. The summed E-state index contributed by atoms with van der Waals surface area (Å²) < 4.78 is 0. The molecule has 94 valence electrons. The van der Waals surface area contributed by atoms with Gasteiger partial charge in [0.05, 0.1) is 0 Å². The molecule has 0 radical (unpaired) electrons. The Morgan fingerprint density at radius 1 is 0.941 bits per heavy atom. The Balaban J connectivity index is 1.76. The third-order valence-electron chi connectivity index (χ3n) is 3.61. The first kappa shape index (κ1) is 12.6. The minimum absolute atomic E-state index is 1.10. The number of pyridine rings is 1.